The quantitative estimate of drug-likeness (QED) is 0.692. The van der Waals surface area contributed by atoms with Gasteiger partial charge in [-0.05, 0) is 23.8 Å². The number of rotatable bonds is 8. The summed E-state index contributed by atoms with van der Waals surface area (Å²) in [6, 6.07) is 12.8. The van der Waals surface area contributed by atoms with Crippen LogP contribution in [0.15, 0.2) is 36.4 Å². The number of thioether (sulfide) groups is 1. The Morgan fingerprint density at radius 1 is 1.27 bits per heavy atom. The molecule has 0 aliphatic rings. The summed E-state index contributed by atoms with van der Waals surface area (Å²) in [7, 11) is 2.98. The van der Waals surface area contributed by atoms with Crippen LogP contribution < -0.4 is 14.8 Å². The van der Waals surface area contributed by atoms with Crippen LogP contribution in [-0.2, 0) is 5.75 Å². The molecule has 0 saturated heterocycles. The summed E-state index contributed by atoms with van der Waals surface area (Å²) in [6.07, 6.45) is 0. The highest BCUT2D eigenvalue weighted by molar-refractivity contribution is 7.98. The fraction of sp³-hybridized carbons (Fsp3) is 0.263. The molecule has 0 fully saturated rings. The Morgan fingerprint density at radius 2 is 2.04 bits per heavy atom. The van der Waals surface area contributed by atoms with E-state index < -0.39 is 0 Å². The van der Waals surface area contributed by atoms with Gasteiger partial charge in [0.05, 0.1) is 30.9 Å². The minimum Gasteiger partial charge on any atom is -0.493 e. The molecule has 0 atom stereocenters. The lowest BCUT2D eigenvalue weighted by Crippen LogP contribution is -2.25. The van der Waals surface area contributed by atoms with Gasteiger partial charge in [-0.15, -0.1) is 0 Å². The van der Waals surface area contributed by atoms with Crippen LogP contribution in [0, 0.1) is 11.3 Å². The Labute approximate surface area is 162 Å². The number of benzene rings is 2. The molecular weight excluding hydrogens is 372 g/mol. The second-order valence-electron chi connectivity index (χ2n) is 5.27. The lowest BCUT2D eigenvalue weighted by molar-refractivity contribution is 0.0955. The summed E-state index contributed by atoms with van der Waals surface area (Å²) < 4.78 is 10.4. The van der Waals surface area contributed by atoms with Crippen LogP contribution in [0.4, 0.5) is 0 Å². The van der Waals surface area contributed by atoms with Gasteiger partial charge in [0.2, 0.25) is 0 Å². The monoisotopic (exact) mass is 390 g/mol. The fourth-order valence-electron chi connectivity index (χ4n) is 2.33. The summed E-state index contributed by atoms with van der Waals surface area (Å²) in [6.45, 7) is 0.504. The SMILES string of the molecule is COc1cc(C(=O)NCCSCc2ccccc2C#N)cc(Cl)c1OC. The predicted molar refractivity (Wildman–Crippen MR) is 104 cm³/mol. The molecule has 0 aromatic heterocycles. The molecule has 26 heavy (non-hydrogen) atoms. The molecule has 5 nitrogen and oxygen atoms in total. The van der Waals surface area contributed by atoms with Crippen molar-refractivity contribution >= 4 is 29.3 Å². The topological polar surface area (TPSA) is 71.3 Å². The number of carbonyl (C=O) groups excluding carboxylic acids is 1. The second-order valence-corrected chi connectivity index (χ2v) is 6.78. The second kappa shape index (κ2) is 9.95. The van der Waals surface area contributed by atoms with E-state index in [4.69, 9.17) is 26.3 Å². The average Bonchev–Trinajstić information content (AvgIpc) is 2.67. The third-order valence-corrected chi connectivity index (χ3v) is 4.91. The first-order valence-corrected chi connectivity index (χ1v) is 9.39. The number of amides is 1. The first-order chi connectivity index (χ1) is 12.6. The lowest BCUT2D eigenvalue weighted by atomic mass is 10.1. The molecule has 0 aliphatic heterocycles. The molecule has 0 spiro atoms. The van der Waals surface area contributed by atoms with Gasteiger partial charge >= 0.3 is 0 Å². The van der Waals surface area contributed by atoms with Crippen molar-refractivity contribution in [3.8, 4) is 17.6 Å². The average molecular weight is 391 g/mol. The Hall–Kier alpha value is -2.36. The lowest BCUT2D eigenvalue weighted by Gasteiger charge is -2.12. The van der Waals surface area contributed by atoms with Crippen molar-refractivity contribution in [3.05, 3.63) is 58.1 Å². The zero-order valence-corrected chi connectivity index (χ0v) is 16.1. The number of nitrogens with zero attached hydrogens (tertiary/aromatic N) is 1. The predicted octanol–water partition coefficient (Wildman–Crippen LogP) is 3.89. The normalized spacial score (nSPS) is 10.1. The van der Waals surface area contributed by atoms with Crippen molar-refractivity contribution in [2.75, 3.05) is 26.5 Å². The van der Waals surface area contributed by atoms with Gasteiger partial charge in [-0.25, -0.2) is 0 Å². The molecule has 2 rings (SSSR count). The van der Waals surface area contributed by atoms with Crippen molar-refractivity contribution in [3.63, 3.8) is 0 Å². The van der Waals surface area contributed by atoms with Gasteiger partial charge < -0.3 is 14.8 Å². The minimum absolute atomic E-state index is 0.231. The van der Waals surface area contributed by atoms with E-state index in [0.717, 1.165) is 17.1 Å². The van der Waals surface area contributed by atoms with Gasteiger partial charge in [-0.1, -0.05) is 29.8 Å². The van der Waals surface area contributed by atoms with Crippen molar-refractivity contribution < 1.29 is 14.3 Å². The van der Waals surface area contributed by atoms with Crippen molar-refractivity contribution in [1.82, 2.24) is 5.32 Å². The Bertz CT molecular complexity index is 821. The first-order valence-electron chi connectivity index (χ1n) is 7.86. The number of methoxy groups -OCH3 is 2. The Balaban J connectivity index is 1.86. The standard InChI is InChI=1S/C19H19ClN2O3S/c1-24-17-10-15(9-16(20)18(17)25-2)19(23)22-7-8-26-12-14-6-4-3-5-13(14)11-21/h3-6,9-10H,7-8,12H2,1-2H3,(H,22,23). The summed E-state index contributed by atoms with van der Waals surface area (Å²) in [4.78, 5) is 12.3. The third-order valence-electron chi connectivity index (χ3n) is 3.62. The van der Waals surface area contributed by atoms with E-state index in [0.29, 0.717) is 34.2 Å². The molecule has 0 saturated carbocycles. The number of nitriles is 1. The number of nitrogens with one attached hydrogen (secondary N) is 1. The smallest absolute Gasteiger partial charge is 0.251 e. The Morgan fingerprint density at radius 3 is 2.73 bits per heavy atom. The van der Waals surface area contributed by atoms with E-state index in [1.165, 1.54) is 14.2 Å². The molecule has 0 bridgehead atoms. The van der Waals surface area contributed by atoms with Gasteiger partial charge in [0, 0.05) is 23.6 Å². The van der Waals surface area contributed by atoms with Crippen LogP contribution in [0.1, 0.15) is 21.5 Å². The molecule has 2 aromatic rings. The molecular formula is C19H19ClN2O3S. The van der Waals surface area contributed by atoms with Crippen LogP contribution in [0.25, 0.3) is 0 Å². The van der Waals surface area contributed by atoms with E-state index in [1.54, 1.807) is 30.0 Å². The van der Waals surface area contributed by atoms with Crippen molar-refractivity contribution in [2.45, 2.75) is 5.75 Å². The zero-order valence-electron chi connectivity index (χ0n) is 14.5. The maximum absolute atomic E-state index is 12.3. The molecule has 7 heteroatoms. The van der Waals surface area contributed by atoms with Crippen LogP contribution >= 0.6 is 23.4 Å². The number of halogens is 1. The van der Waals surface area contributed by atoms with Crippen molar-refractivity contribution in [1.29, 1.82) is 5.26 Å². The van der Waals surface area contributed by atoms with Crippen LogP contribution in [0.3, 0.4) is 0 Å². The maximum Gasteiger partial charge on any atom is 0.251 e. The maximum atomic E-state index is 12.3. The molecule has 1 N–H and O–H groups in total. The molecule has 1 amide bonds. The van der Waals surface area contributed by atoms with E-state index in [1.807, 2.05) is 18.2 Å². The molecule has 2 aromatic carbocycles. The molecule has 136 valence electrons. The van der Waals surface area contributed by atoms with Gasteiger partial charge in [-0.3, -0.25) is 4.79 Å². The van der Waals surface area contributed by atoms with E-state index in [9.17, 15) is 4.79 Å². The zero-order chi connectivity index (χ0) is 18.9. The van der Waals surface area contributed by atoms with Gasteiger partial charge in [0.1, 0.15) is 0 Å². The molecule has 0 aliphatic carbocycles. The molecule has 0 heterocycles. The number of ether oxygens (including phenoxy) is 2. The summed E-state index contributed by atoms with van der Waals surface area (Å²) >= 11 is 7.78. The van der Waals surface area contributed by atoms with Crippen molar-refractivity contribution in [2.24, 2.45) is 0 Å². The number of carbonyl (C=O) groups is 1. The highest BCUT2D eigenvalue weighted by atomic mass is 35.5. The van der Waals surface area contributed by atoms with Gasteiger partial charge in [-0.2, -0.15) is 17.0 Å². The Kier molecular flexibility index (Phi) is 7.64. The van der Waals surface area contributed by atoms with Gasteiger partial charge in [0.25, 0.3) is 5.91 Å². The van der Waals surface area contributed by atoms with Crippen LogP contribution in [-0.4, -0.2) is 32.4 Å². The molecule has 0 unspecified atom stereocenters. The van der Waals surface area contributed by atoms with Gasteiger partial charge in [0.15, 0.2) is 11.5 Å². The summed E-state index contributed by atoms with van der Waals surface area (Å²) in [5.74, 6) is 2.03. The summed E-state index contributed by atoms with van der Waals surface area (Å²) in [5.41, 5.74) is 2.09. The van der Waals surface area contributed by atoms with Crippen LogP contribution in [0.5, 0.6) is 11.5 Å². The highest BCUT2D eigenvalue weighted by Crippen LogP contribution is 2.35. The van der Waals surface area contributed by atoms with Crippen LogP contribution in [0.2, 0.25) is 5.02 Å². The van der Waals surface area contributed by atoms with E-state index in [-0.39, 0.29) is 5.91 Å². The molecule has 0 radical (unpaired) electrons. The third kappa shape index (κ3) is 5.07. The number of hydrogen-bond donors (Lipinski definition) is 1. The van der Waals surface area contributed by atoms with E-state index >= 15 is 0 Å². The first kappa shape index (κ1) is 20.0. The number of hydrogen-bond acceptors (Lipinski definition) is 5. The van der Waals surface area contributed by atoms with E-state index in [2.05, 4.69) is 11.4 Å². The summed E-state index contributed by atoms with van der Waals surface area (Å²) in [5, 5.41) is 12.2. The highest BCUT2D eigenvalue weighted by Gasteiger charge is 2.15. The minimum atomic E-state index is -0.231. The largest absolute Gasteiger partial charge is 0.493 e. The fourth-order valence-corrected chi connectivity index (χ4v) is 3.48.